The van der Waals surface area contributed by atoms with Crippen molar-refractivity contribution >= 4 is 29.9 Å². The van der Waals surface area contributed by atoms with E-state index in [0.29, 0.717) is 0 Å². The predicted octanol–water partition coefficient (Wildman–Crippen LogP) is 3.68. The molecule has 2 rings (SSSR count). The maximum absolute atomic E-state index is 5.37. The fourth-order valence-corrected chi connectivity index (χ4v) is 3.72. The molecule has 1 aliphatic rings. The minimum Gasteiger partial charge on any atom is -0.493 e. The fourth-order valence-electron chi connectivity index (χ4n) is 3.72. The monoisotopic (exact) mass is 518 g/mol. The van der Waals surface area contributed by atoms with Crippen LogP contribution in [0.2, 0.25) is 0 Å². The van der Waals surface area contributed by atoms with Crippen LogP contribution in [0.3, 0.4) is 0 Å². The largest absolute Gasteiger partial charge is 0.493 e. The first kappa shape index (κ1) is 25.8. The van der Waals surface area contributed by atoms with Crippen LogP contribution in [0, 0.1) is 0 Å². The van der Waals surface area contributed by atoms with Crippen LogP contribution in [-0.4, -0.2) is 64.3 Å². The lowest BCUT2D eigenvalue weighted by Crippen LogP contribution is -2.40. The van der Waals surface area contributed by atoms with Crippen LogP contribution < -0.4 is 20.1 Å². The van der Waals surface area contributed by atoms with Crippen molar-refractivity contribution in [2.45, 2.75) is 51.5 Å². The van der Waals surface area contributed by atoms with Gasteiger partial charge in [0.05, 0.1) is 14.2 Å². The molecule has 0 radical (unpaired) electrons. The van der Waals surface area contributed by atoms with Crippen molar-refractivity contribution in [3.05, 3.63) is 23.8 Å². The normalized spacial score (nSPS) is 17.4. The Morgan fingerprint density at radius 2 is 1.86 bits per heavy atom. The van der Waals surface area contributed by atoms with Crippen molar-refractivity contribution in [3.8, 4) is 11.5 Å². The number of hydrogen-bond donors (Lipinski definition) is 2. The molecule has 0 spiro atoms. The molecule has 1 aromatic carbocycles. The zero-order chi connectivity index (χ0) is 20.2. The standard InChI is InChI=1S/C22H38N4O2.HI/c1-18-9-5-7-15-26(18)16-8-6-13-24-22(23-2)25-14-12-19-10-11-20(27-3)21(17-19)28-4;/h10-11,17-18H,5-9,12-16H2,1-4H3,(H2,23,24,25);1H. The molecule has 29 heavy (non-hydrogen) atoms. The van der Waals surface area contributed by atoms with Crippen LogP contribution in [-0.2, 0) is 6.42 Å². The molecule has 1 unspecified atom stereocenters. The molecular weight excluding hydrogens is 479 g/mol. The van der Waals surface area contributed by atoms with E-state index in [1.807, 2.05) is 19.2 Å². The second-order valence-electron chi connectivity index (χ2n) is 7.45. The highest BCUT2D eigenvalue weighted by Gasteiger charge is 2.16. The van der Waals surface area contributed by atoms with E-state index in [4.69, 9.17) is 9.47 Å². The summed E-state index contributed by atoms with van der Waals surface area (Å²) in [6.07, 6.45) is 7.41. The lowest BCUT2D eigenvalue weighted by atomic mass is 10.0. The van der Waals surface area contributed by atoms with E-state index < -0.39 is 0 Å². The van der Waals surface area contributed by atoms with Gasteiger partial charge < -0.3 is 25.0 Å². The predicted molar refractivity (Wildman–Crippen MR) is 132 cm³/mol. The summed E-state index contributed by atoms with van der Waals surface area (Å²) in [7, 11) is 5.14. The molecule has 1 heterocycles. The van der Waals surface area contributed by atoms with E-state index >= 15 is 0 Å². The number of methoxy groups -OCH3 is 2. The Kier molecular flexibility index (Phi) is 13.1. The molecule has 7 heteroatoms. The first-order chi connectivity index (χ1) is 13.7. The maximum Gasteiger partial charge on any atom is 0.190 e. The summed E-state index contributed by atoms with van der Waals surface area (Å²) in [4.78, 5) is 6.96. The highest BCUT2D eigenvalue weighted by atomic mass is 127. The van der Waals surface area contributed by atoms with E-state index in [9.17, 15) is 0 Å². The molecule has 1 fully saturated rings. The Morgan fingerprint density at radius 3 is 2.55 bits per heavy atom. The number of unbranched alkanes of at least 4 members (excludes halogenated alkanes) is 1. The molecule has 166 valence electrons. The van der Waals surface area contributed by atoms with E-state index in [1.54, 1.807) is 14.2 Å². The third-order valence-corrected chi connectivity index (χ3v) is 5.48. The summed E-state index contributed by atoms with van der Waals surface area (Å²) in [6, 6.07) is 6.80. The summed E-state index contributed by atoms with van der Waals surface area (Å²) in [6.45, 7) is 6.63. The van der Waals surface area contributed by atoms with Gasteiger partial charge in [-0.3, -0.25) is 4.99 Å². The summed E-state index contributed by atoms with van der Waals surface area (Å²) in [5, 5.41) is 6.81. The zero-order valence-electron chi connectivity index (χ0n) is 18.5. The van der Waals surface area contributed by atoms with Gasteiger partial charge in [0, 0.05) is 26.2 Å². The number of likely N-dealkylation sites (tertiary alicyclic amines) is 1. The van der Waals surface area contributed by atoms with Gasteiger partial charge in [0.25, 0.3) is 0 Å². The number of piperidine rings is 1. The molecule has 1 aliphatic heterocycles. The van der Waals surface area contributed by atoms with Gasteiger partial charge in [0.2, 0.25) is 0 Å². The van der Waals surface area contributed by atoms with Crippen LogP contribution in [0.4, 0.5) is 0 Å². The van der Waals surface area contributed by atoms with E-state index in [1.165, 1.54) is 50.8 Å². The van der Waals surface area contributed by atoms with Crippen molar-refractivity contribution in [3.63, 3.8) is 0 Å². The zero-order valence-corrected chi connectivity index (χ0v) is 20.8. The second-order valence-corrected chi connectivity index (χ2v) is 7.45. The summed E-state index contributed by atoms with van der Waals surface area (Å²) in [5.41, 5.74) is 1.20. The number of aliphatic imine (C=N–C) groups is 1. The third-order valence-electron chi connectivity index (χ3n) is 5.48. The Bertz CT molecular complexity index is 612. The molecule has 0 amide bonds. The highest BCUT2D eigenvalue weighted by Crippen LogP contribution is 2.27. The second kappa shape index (κ2) is 14.7. The van der Waals surface area contributed by atoms with Crippen molar-refractivity contribution < 1.29 is 9.47 Å². The number of rotatable bonds is 10. The quantitative estimate of drug-likeness (QED) is 0.214. The van der Waals surface area contributed by atoms with Crippen LogP contribution >= 0.6 is 24.0 Å². The summed E-state index contributed by atoms with van der Waals surface area (Å²) < 4.78 is 10.7. The number of nitrogens with zero attached hydrogens (tertiary/aromatic N) is 2. The highest BCUT2D eigenvalue weighted by molar-refractivity contribution is 14.0. The first-order valence-electron chi connectivity index (χ1n) is 10.6. The van der Waals surface area contributed by atoms with Crippen molar-refractivity contribution in [2.75, 3.05) is 47.4 Å². The van der Waals surface area contributed by atoms with Gasteiger partial charge in [0.1, 0.15) is 0 Å². The average molecular weight is 518 g/mol. The Labute approximate surface area is 193 Å². The summed E-state index contributed by atoms with van der Waals surface area (Å²) >= 11 is 0. The van der Waals surface area contributed by atoms with Gasteiger partial charge in [-0.05, 0) is 69.8 Å². The molecule has 6 nitrogen and oxygen atoms in total. The van der Waals surface area contributed by atoms with E-state index in [2.05, 4.69) is 33.5 Å². The molecule has 2 N–H and O–H groups in total. The first-order valence-corrected chi connectivity index (χ1v) is 10.6. The van der Waals surface area contributed by atoms with Crippen molar-refractivity contribution in [2.24, 2.45) is 4.99 Å². The molecule has 0 aromatic heterocycles. The lowest BCUT2D eigenvalue weighted by Gasteiger charge is -2.33. The number of nitrogens with one attached hydrogen (secondary N) is 2. The topological polar surface area (TPSA) is 58.1 Å². The summed E-state index contributed by atoms with van der Waals surface area (Å²) in [5.74, 6) is 2.40. The molecule has 1 saturated heterocycles. The van der Waals surface area contributed by atoms with Crippen LogP contribution in [0.5, 0.6) is 11.5 Å². The minimum atomic E-state index is 0. The Balaban J connectivity index is 0.00000420. The molecule has 0 bridgehead atoms. The molecule has 1 aromatic rings. The van der Waals surface area contributed by atoms with Gasteiger partial charge >= 0.3 is 0 Å². The molecule has 0 aliphatic carbocycles. The molecule has 0 saturated carbocycles. The number of hydrogen-bond acceptors (Lipinski definition) is 4. The van der Waals surface area contributed by atoms with E-state index in [-0.39, 0.29) is 24.0 Å². The van der Waals surface area contributed by atoms with Crippen molar-refractivity contribution in [1.82, 2.24) is 15.5 Å². The number of benzene rings is 1. The number of guanidine groups is 1. The maximum atomic E-state index is 5.37. The van der Waals surface area contributed by atoms with Crippen molar-refractivity contribution in [1.29, 1.82) is 0 Å². The minimum absolute atomic E-state index is 0. The smallest absolute Gasteiger partial charge is 0.190 e. The van der Waals surface area contributed by atoms with E-state index in [0.717, 1.165) is 43.0 Å². The number of ether oxygens (including phenoxy) is 2. The SMILES string of the molecule is CN=C(NCCCCN1CCCCC1C)NCCc1ccc(OC)c(OC)c1.I. The molecular formula is C22H39IN4O2. The fraction of sp³-hybridized carbons (Fsp3) is 0.682. The lowest BCUT2D eigenvalue weighted by molar-refractivity contribution is 0.158. The van der Waals surface area contributed by atoms with Gasteiger partial charge in [0.15, 0.2) is 17.5 Å². The van der Waals surface area contributed by atoms with Crippen LogP contribution in [0.25, 0.3) is 0 Å². The van der Waals surface area contributed by atoms with Crippen LogP contribution in [0.1, 0.15) is 44.6 Å². The third kappa shape index (κ3) is 8.99. The van der Waals surface area contributed by atoms with Crippen LogP contribution in [0.15, 0.2) is 23.2 Å². The van der Waals surface area contributed by atoms with Gasteiger partial charge in [-0.1, -0.05) is 12.5 Å². The molecule has 1 atom stereocenters. The van der Waals surface area contributed by atoms with Gasteiger partial charge in [-0.2, -0.15) is 0 Å². The average Bonchev–Trinajstić information content (AvgIpc) is 2.73. The Morgan fingerprint density at radius 1 is 1.10 bits per heavy atom. The van der Waals surface area contributed by atoms with Gasteiger partial charge in [-0.25, -0.2) is 0 Å². The Hall–Kier alpha value is -1.22. The number of halogens is 1. The van der Waals surface area contributed by atoms with Gasteiger partial charge in [-0.15, -0.1) is 24.0 Å².